The molecular formula is C16H13NO. The minimum Gasteiger partial charge on any atom is -0.310 e. The van der Waals surface area contributed by atoms with E-state index >= 15 is 0 Å². The third kappa shape index (κ3) is 1.82. The standard InChI is InChI=1S/C16H13NO/c18-12-17-11-15-7-2-1-5-13(15)9-10-14-6-3-4-8-16(14)17/h1-12,16H/b13-9-,14-10?,15-11?. The van der Waals surface area contributed by atoms with Crippen LogP contribution in [0, 0.1) is 0 Å². The predicted molar refractivity (Wildman–Crippen MR) is 72.7 cm³/mol. The minimum atomic E-state index is -0.00268. The van der Waals surface area contributed by atoms with Crippen molar-refractivity contribution in [3.05, 3.63) is 70.7 Å². The second kappa shape index (κ2) is 4.49. The summed E-state index contributed by atoms with van der Waals surface area (Å²) >= 11 is 0. The summed E-state index contributed by atoms with van der Waals surface area (Å²) in [5, 5.41) is 2.18. The fourth-order valence-electron chi connectivity index (χ4n) is 2.27. The number of fused-ring (bicyclic) bond motifs is 2. The highest BCUT2D eigenvalue weighted by Crippen LogP contribution is 2.17. The molecule has 0 spiro atoms. The van der Waals surface area contributed by atoms with Gasteiger partial charge in [0.1, 0.15) is 0 Å². The summed E-state index contributed by atoms with van der Waals surface area (Å²) in [6, 6.07) is 8.05. The molecular weight excluding hydrogens is 222 g/mol. The summed E-state index contributed by atoms with van der Waals surface area (Å²) in [4.78, 5) is 13.0. The summed E-state index contributed by atoms with van der Waals surface area (Å²) in [5.41, 5.74) is 1.12. The van der Waals surface area contributed by atoms with Gasteiger partial charge in [-0.05, 0) is 16.0 Å². The van der Waals surface area contributed by atoms with Crippen LogP contribution in [0.2, 0.25) is 0 Å². The fourth-order valence-corrected chi connectivity index (χ4v) is 2.27. The molecule has 1 amide bonds. The topological polar surface area (TPSA) is 20.3 Å². The molecule has 2 aliphatic rings. The van der Waals surface area contributed by atoms with Crippen molar-refractivity contribution >= 4 is 18.7 Å². The molecule has 1 aromatic rings. The normalized spacial score (nSPS) is 22.4. The molecule has 3 rings (SSSR count). The van der Waals surface area contributed by atoms with E-state index in [1.54, 1.807) is 4.90 Å². The van der Waals surface area contributed by atoms with Crippen molar-refractivity contribution < 1.29 is 4.79 Å². The second-order valence-electron chi connectivity index (χ2n) is 4.33. The Hall–Kier alpha value is -2.35. The summed E-state index contributed by atoms with van der Waals surface area (Å²) in [6.45, 7) is 0. The predicted octanol–water partition coefficient (Wildman–Crippen LogP) is 1.10. The van der Waals surface area contributed by atoms with Crippen LogP contribution in [0.25, 0.3) is 12.3 Å². The van der Waals surface area contributed by atoms with E-state index in [0.717, 1.165) is 22.4 Å². The van der Waals surface area contributed by atoms with Crippen molar-refractivity contribution in [1.29, 1.82) is 0 Å². The maximum absolute atomic E-state index is 11.3. The van der Waals surface area contributed by atoms with Crippen molar-refractivity contribution in [2.45, 2.75) is 6.04 Å². The Kier molecular flexibility index (Phi) is 2.69. The lowest BCUT2D eigenvalue weighted by molar-refractivity contribution is -0.115. The molecule has 1 aliphatic carbocycles. The van der Waals surface area contributed by atoms with E-state index < -0.39 is 0 Å². The van der Waals surface area contributed by atoms with Crippen molar-refractivity contribution in [1.82, 2.24) is 4.90 Å². The Morgan fingerprint density at radius 1 is 1.06 bits per heavy atom. The highest BCUT2D eigenvalue weighted by Gasteiger charge is 2.17. The van der Waals surface area contributed by atoms with E-state index in [-0.39, 0.29) is 6.04 Å². The van der Waals surface area contributed by atoms with Crippen LogP contribution in [0.4, 0.5) is 0 Å². The smallest absolute Gasteiger partial charge is 0.214 e. The largest absolute Gasteiger partial charge is 0.310 e. The number of carbonyl (C=O) groups is 1. The van der Waals surface area contributed by atoms with Crippen LogP contribution in [0.15, 0.2) is 60.2 Å². The number of nitrogens with zero attached hydrogens (tertiary/aromatic N) is 1. The van der Waals surface area contributed by atoms with E-state index in [4.69, 9.17) is 0 Å². The Morgan fingerprint density at radius 3 is 2.72 bits per heavy atom. The van der Waals surface area contributed by atoms with Gasteiger partial charge in [0.05, 0.1) is 6.04 Å². The second-order valence-corrected chi connectivity index (χ2v) is 4.33. The first kappa shape index (κ1) is 10.8. The SMILES string of the molecule is O=CN1C=c2cccc/c2=C/C=C2C=CC=CC21. The Bertz CT molecular complexity index is 679. The van der Waals surface area contributed by atoms with Crippen molar-refractivity contribution in [3.63, 3.8) is 0 Å². The summed E-state index contributed by atoms with van der Waals surface area (Å²) < 4.78 is 0. The number of amides is 1. The van der Waals surface area contributed by atoms with Gasteiger partial charge in [-0.25, -0.2) is 0 Å². The molecule has 88 valence electrons. The van der Waals surface area contributed by atoms with Crippen LogP contribution in [0.1, 0.15) is 0 Å². The van der Waals surface area contributed by atoms with E-state index in [2.05, 4.69) is 18.2 Å². The fraction of sp³-hybridized carbons (Fsp3) is 0.0625. The molecule has 1 heterocycles. The quantitative estimate of drug-likeness (QED) is 0.667. The summed E-state index contributed by atoms with van der Waals surface area (Å²) in [6.07, 6.45) is 15.0. The lowest BCUT2D eigenvalue weighted by Crippen LogP contribution is -2.36. The highest BCUT2D eigenvalue weighted by molar-refractivity contribution is 5.62. The van der Waals surface area contributed by atoms with Gasteiger partial charge in [0.2, 0.25) is 6.41 Å². The number of hydrogen-bond acceptors (Lipinski definition) is 1. The van der Waals surface area contributed by atoms with Crippen LogP contribution in [-0.2, 0) is 4.79 Å². The average Bonchev–Trinajstić information content (AvgIpc) is 2.41. The minimum absolute atomic E-state index is 0.00268. The van der Waals surface area contributed by atoms with Gasteiger partial charge in [-0.15, -0.1) is 0 Å². The molecule has 0 N–H and O–H groups in total. The molecule has 18 heavy (non-hydrogen) atoms. The molecule has 0 fully saturated rings. The number of hydrogen-bond donors (Lipinski definition) is 0. The van der Waals surface area contributed by atoms with E-state index in [0.29, 0.717) is 0 Å². The van der Waals surface area contributed by atoms with Gasteiger partial charge in [0, 0.05) is 6.20 Å². The molecule has 0 radical (unpaired) electrons. The van der Waals surface area contributed by atoms with E-state index in [1.165, 1.54) is 0 Å². The third-order valence-electron chi connectivity index (χ3n) is 3.22. The first-order valence-electron chi connectivity index (χ1n) is 5.95. The number of carbonyl (C=O) groups excluding carboxylic acids is 1. The van der Waals surface area contributed by atoms with Gasteiger partial charge in [0.15, 0.2) is 0 Å². The van der Waals surface area contributed by atoms with Crippen LogP contribution in [0.3, 0.4) is 0 Å². The number of allylic oxidation sites excluding steroid dienone is 3. The molecule has 0 saturated carbocycles. The lowest BCUT2D eigenvalue weighted by atomic mass is 9.99. The van der Waals surface area contributed by atoms with Gasteiger partial charge in [-0.2, -0.15) is 0 Å². The van der Waals surface area contributed by atoms with Gasteiger partial charge in [-0.3, -0.25) is 4.79 Å². The molecule has 1 atom stereocenters. The zero-order chi connectivity index (χ0) is 12.4. The first-order chi connectivity index (χ1) is 8.88. The van der Waals surface area contributed by atoms with E-state index in [1.807, 2.05) is 48.7 Å². The molecule has 1 aromatic carbocycles. The number of benzene rings is 1. The van der Waals surface area contributed by atoms with Crippen LogP contribution < -0.4 is 10.4 Å². The van der Waals surface area contributed by atoms with Crippen molar-refractivity contribution in [3.8, 4) is 0 Å². The zero-order valence-corrected chi connectivity index (χ0v) is 9.86. The first-order valence-corrected chi connectivity index (χ1v) is 5.95. The maximum Gasteiger partial charge on any atom is 0.214 e. The number of rotatable bonds is 1. The van der Waals surface area contributed by atoms with Crippen LogP contribution in [0.5, 0.6) is 0 Å². The monoisotopic (exact) mass is 235 g/mol. The van der Waals surface area contributed by atoms with E-state index in [9.17, 15) is 4.79 Å². The Morgan fingerprint density at radius 2 is 1.89 bits per heavy atom. The maximum atomic E-state index is 11.3. The van der Waals surface area contributed by atoms with Gasteiger partial charge >= 0.3 is 0 Å². The Labute approximate surface area is 106 Å². The highest BCUT2D eigenvalue weighted by atomic mass is 16.1. The van der Waals surface area contributed by atoms with Crippen LogP contribution in [-0.4, -0.2) is 17.4 Å². The molecule has 0 aromatic heterocycles. The molecule has 2 heteroatoms. The molecule has 1 unspecified atom stereocenters. The molecule has 0 bridgehead atoms. The third-order valence-corrected chi connectivity index (χ3v) is 3.22. The van der Waals surface area contributed by atoms with Crippen molar-refractivity contribution in [2.75, 3.05) is 0 Å². The molecule has 1 aliphatic heterocycles. The summed E-state index contributed by atoms with van der Waals surface area (Å²) in [7, 11) is 0. The Balaban J connectivity index is 2.27. The van der Waals surface area contributed by atoms with Crippen LogP contribution >= 0.6 is 0 Å². The molecule has 2 nitrogen and oxygen atoms in total. The molecule has 0 saturated heterocycles. The lowest BCUT2D eigenvalue weighted by Gasteiger charge is -2.26. The summed E-state index contributed by atoms with van der Waals surface area (Å²) in [5.74, 6) is 0. The van der Waals surface area contributed by atoms with Gasteiger partial charge < -0.3 is 4.90 Å². The van der Waals surface area contributed by atoms with Gasteiger partial charge in [-0.1, -0.05) is 60.7 Å². The van der Waals surface area contributed by atoms with Crippen molar-refractivity contribution in [2.24, 2.45) is 0 Å². The average molecular weight is 235 g/mol. The van der Waals surface area contributed by atoms with Gasteiger partial charge in [0.25, 0.3) is 0 Å². The zero-order valence-electron chi connectivity index (χ0n) is 9.86.